The van der Waals surface area contributed by atoms with Gasteiger partial charge >= 0.3 is 0 Å². The average Bonchev–Trinajstić information content (AvgIpc) is 2.80. The fourth-order valence-corrected chi connectivity index (χ4v) is 5.30. The molecule has 0 radical (unpaired) electrons. The van der Waals surface area contributed by atoms with E-state index in [9.17, 15) is 30.6 Å². The van der Waals surface area contributed by atoms with Gasteiger partial charge in [-0.15, -0.1) is 0 Å². The molecule has 0 aromatic rings. The first-order valence-corrected chi connectivity index (χ1v) is 15.0. The van der Waals surface area contributed by atoms with Crippen LogP contribution in [0, 0.1) is 0 Å². The van der Waals surface area contributed by atoms with E-state index in [4.69, 9.17) is 0 Å². The van der Waals surface area contributed by atoms with Crippen LogP contribution < -0.4 is 0 Å². The van der Waals surface area contributed by atoms with Gasteiger partial charge in [-0.25, -0.2) is 0 Å². The van der Waals surface area contributed by atoms with Crippen molar-refractivity contribution in [2.24, 2.45) is 0 Å². The van der Waals surface area contributed by atoms with Gasteiger partial charge in [0.15, 0.2) is 0 Å². The lowest BCUT2D eigenvalue weighted by atomic mass is 9.88. The molecule has 35 heavy (non-hydrogen) atoms. The van der Waals surface area contributed by atoms with Gasteiger partial charge in [0.1, 0.15) is 0 Å². The van der Waals surface area contributed by atoms with Gasteiger partial charge in [0.05, 0.1) is 0 Å². The van der Waals surface area contributed by atoms with E-state index in [1.54, 1.807) is 0 Å². The molecule has 1 rings (SSSR count). The molecule has 6 heteroatoms. The summed E-state index contributed by atoms with van der Waals surface area (Å²) in [6, 6.07) is 0. The number of hydrogen-bond donors (Lipinski definition) is 6. The third-order valence-corrected chi connectivity index (χ3v) is 7.92. The summed E-state index contributed by atoms with van der Waals surface area (Å²) in [4.78, 5) is 0. The van der Waals surface area contributed by atoms with Gasteiger partial charge in [-0.05, 0) is 12.8 Å². The van der Waals surface area contributed by atoms with E-state index in [-0.39, 0.29) is 12.8 Å². The van der Waals surface area contributed by atoms with Crippen LogP contribution in [0.15, 0.2) is 0 Å². The molecule has 6 nitrogen and oxygen atoms in total. The summed E-state index contributed by atoms with van der Waals surface area (Å²) in [7, 11) is 0. The van der Waals surface area contributed by atoms with E-state index in [2.05, 4.69) is 0 Å². The highest BCUT2D eigenvalue weighted by Crippen LogP contribution is 2.35. The van der Waals surface area contributed by atoms with Crippen LogP contribution in [-0.4, -0.2) is 48.0 Å². The molecule has 0 aromatic heterocycles. The van der Waals surface area contributed by atoms with Crippen molar-refractivity contribution < 1.29 is 30.6 Å². The predicted molar refractivity (Wildman–Crippen MR) is 142 cm³/mol. The van der Waals surface area contributed by atoms with Crippen LogP contribution in [0.25, 0.3) is 0 Å². The van der Waals surface area contributed by atoms with E-state index in [1.807, 2.05) is 0 Å². The van der Waals surface area contributed by atoms with Crippen molar-refractivity contribution in [2.75, 3.05) is 0 Å². The molecule has 0 atom stereocenters. The molecule has 1 saturated carbocycles. The van der Waals surface area contributed by atoms with E-state index >= 15 is 0 Å². The second-order valence-electron chi connectivity index (χ2n) is 11.3. The van der Waals surface area contributed by atoms with Crippen molar-refractivity contribution in [1.29, 1.82) is 0 Å². The molecule has 0 unspecified atom stereocenters. The number of hydrogen-bond acceptors (Lipinski definition) is 6. The monoisotopic (exact) mass is 502 g/mol. The minimum Gasteiger partial charge on any atom is -0.361 e. The Bertz CT molecular complexity index is 450. The van der Waals surface area contributed by atoms with Crippen molar-refractivity contribution in [2.45, 2.75) is 184 Å². The van der Waals surface area contributed by atoms with Crippen molar-refractivity contribution in [3.8, 4) is 0 Å². The van der Waals surface area contributed by atoms with Gasteiger partial charge in [0, 0.05) is 12.8 Å². The standard InChI is InChI=1S/C29H58O6/c30-27(31)25-23-21-19-17-15-13-11-9-7-5-3-1-2-4-6-8-10-12-14-16-18-20-22-24-26-28(32,33)29(27,34)35/h30-35H,1-26H2. The number of aliphatic hydroxyl groups is 6. The smallest absolute Gasteiger partial charge is 0.274 e. The Morgan fingerprint density at radius 1 is 0.229 bits per heavy atom. The van der Waals surface area contributed by atoms with Crippen LogP contribution in [0.4, 0.5) is 0 Å². The highest BCUT2D eigenvalue weighted by molar-refractivity contribution is 4.93. The Kier molecular flexibility index (Phi) is 17.7. The third kappa shape index (κ3) is 14.3. The maximum absolute atomic E-state index is 10.3. The largest absolute Gasteiger partial charge is 0.361 e. The fraction of sp³-hybridized carbons (Fsp3) is 1.00. The molecule has 210 valence electrons. The van der Waals surface area contributed by atoms with E-state index in [0.717, 1.165) is 38.5 Å². The minimum atomic E-state index is -3.40. The van der Waals surface area contributed by atoms with Crippen LogP contribution in [0.5, 0.6) is 0 Å². The van der Waals surface area contributed by atoms with Crippen LogP contribution in [0.1, 0.15) is 167 Å². The zero-order valence-corrected chi connectivity index (χ0v) is 22.6. The van der Waals surface area contributed by atoms with E-state index < -0.39 is 17.4 Å². The molecular weight excluding hydrogens is 444 g/mol. The molecule has 1 aliphatic carbocycles. The quantitative estimate of drug-likeness (QED) is 0.220. The van der Waals surface area contributed by atoms with Gasteiger partial charge in [-0.3, -0.25) is 0 Å². The molecular formula is C29H58O6. The van der Waals surface area contributed by atoms with Gasteiger partial charge < -0.3 is 30.6 Å². The molecule has 0 amide bonds. The SMILES string of the molecule is OC1(O)CCCCCCCCCCCCCCCCCCCCCCCCCCC(O)(O)C1(O)O. The lowest BCUT2D eigenvalue weighted by Gasteiger charge is -2.43. The van der Waals surface area contributed by atoms with Gasteiger partial charge in [-0.1, -0.05) is 141 Å². The van der Waals surface area contributed by atoms with Crippen molar-refractivity contribution in [1.82, 2.24) is 0 Å². The highest BCUT2D eigenvalue weighted by Gasteiger charge is 2.60. The molecule has 0 bridgehead atoms. The average molecular weight is 503 g/mol. The van der Waals surface area contributed by atoms with Crippen molar-refractivity contribution in [3.05, 3.63) is 0 Å². The Balaban J connectivity index is 2.42. The Morgan fingerprint density at radius 2 is 0.371 bits per heavy atom. The van der Waals surface area contributed by atoms with Gasteiger partial charge in [-0.2, -0.15) is 0 Å². The summed E-state index contributed by atoms with van der Waals surface area (Å²) in [6.07, 6.45) is 26.6. The molecule has 0 heterocycles. The first-order chi connectivity index (χ1) is 16.7. The third-order valence-electron chi connectivity index (χ3n) is 7.92. The summed E-state index contributed by atoms with van der Waals surface area (Å²) in [6.45, 7) is 0. The zero-order chi connectivity index (χ0) is 25.9. The number of rotatable bonds is 0. The zero-order valence-electron chi connectivity index (χ0n) is 22.6. The summed E-state index contributed by atoms with van der Waals surface area (Å²) < 4.78 is 0. The molecule has 6 N–H and O–H groups in total. The Hall–Kier alpha value is -0.240. The highest BCUT2D eigenvalue weighted by atomic mass is 16.7. The van der Waals surface area contributed by atoms with Gasteiger partial charge in [0.2, 0.25) is 11.6 Å². The summed E-state index contributed by atoms with van der Waals surface area (Å²) >= 11 is 0. The summed E-state index contributed by atoms with van der Waals surface area (Å²) in [5.41, 5.74) is 0. The van der Waals surface area contributed by atoms with Crippen molar-refractivity contribution >= 4 is 0 Å². The summed E-state index contributed by atoms with van der Waals surface area (Å²) in [5, 5.41) is 61.5. The maximum atomic E-state index is 10.3. The van der Waals surface area contributed by atoms with E-state index in [0.29, 0.717) is 12.8 Å². The lowest BCUT2D eigenvalue weighted by Crippen LogP contribution is -2.68. The molecule has 0 spiro atoms. The molecule has 0 aromatic carbocycles. The Labute approximate surface area is 215 Å². The molecule has 1 fully saturated rings. The van der Waals surface area contributed by atoms with Crippen LogP contribution >= 0.6 is 0 Å². The maximum Gasteiger partial charge on any atom is 0.274 e. The Morgan fingerprint density at radius 3 is 0.543 bits per heavy atom. The van der Waals surface area contributed by atoms with Crippen LogP contribution in [0.2, 0.25) is 0 Å². The van der Waals surface area contributed by atoms with Gasteiger partial charge in [0.25, 0.3) is 5.79 Å². The van der Waals surface area contributed by atoms with Crippen LogP contribution in [-0.2, 0) is 0 Å². The molecule has 1 aliphatic rings. The second-order valence-corrected chi connectivity index (χ2v) is 11.3. The first kappa shape index (κ1) is 32.8. The summed E-state index contributed by atoms with van der Waals surface area (Å²) in [5.74, 6) is -9.35. The van der Waals surface area contributed by atoms with E-state index in [1.165, 1.54) is 103 Å². The second kappa shape index (κ2) is 18.9. The topological polar surface area (TPSA) is 121 Å². The lowest BCUT2D eigenvalue weighted by molar-refractivity contribution is -0.454. The molecule has 0 aliphatic heterocycles. The van der Waals surface area contributed by atoms with Crippen LogP contribution in [0.3, 0.4) is 0 Å². The molecule has 0 saturated heterocycles. The minimum absolute atomic E-state index is 0.317. The normalized spacial score (nSPS) is 26.6. The van der Waals surface area contributed by atoms with Crippen molar-refractivity contribution in [3.63, 3.8) is 0 Å². The fourth-order valence-electron chi connectivity index (χ4n) is 5.30. The first-order valence-electron chi connectivity index (χ1n) is 15.0. The predicted octanol–water partition coefficient (Wildman–Crippen LogP) is 6.19.